The van der Waals surface area contributed by atoms with E-state index >= 15 is 0 Å². The molecule has 0 aliphatic rings. The second-order valence-corrected chi connectivity index (χ2v) is 6.75. The number of aromatic nitrogens is 2. The van der Waals surface area contributed by atoms with Crippen molar-refractivity contribution in [2.24, 2.45) is 0 Å². The van der Waals surface area contributed by atoms with Crippen molar-refractivity contribution in [2.75, 3.05) is 18.2 Å². The number of esters is 1. The fraction of sp³-hybridized carbons (Fsp3) is 0.333. The molecule has 1 aromatic carbocycles. The Bertz CT molecular complexity index is 678. The van der Waals surface area contributed by atoms with E-state index in [1.807, 2.05) is 25.1 Å². The van der Waals surface area contributed by atoms with Crippen molar-refractivity contribution in [1.29, 1.82) is 0 Å². The van der Waals surface area contributed by atoms with E-state index in [9.17, 15) is 9.59 Å². The first-order valence-electron chi connectivity index (χ1n) is 7.18. The Labute approximate surface area is 147 Å². The van der Waals surface area contributed by atoms with E-state index in [1.165, 1.54) is 30.2 Å². The van der Waals surface area contributed by atoms with Gasteiger partial charge < -0.3 is 9.47 Å². The number of thioether (sulfide) groups is 1. The first-order chi connectivity index (χ1) is 11.6. The maximum atomic E-state index is 12.3. The number of para-hydroxylation sites is 1. The summed E-state index contributed by atoms with van der Waals surface area (Å²) < 4.78 is 10.8. The summed E-state index contributed by atoms with van der Waals surface area (Å²) in [5, 5.41) is 10.9. The zero-order chi connectivity index (χ0) is 17.4. The maximum Gasteiger partial charge on any atom is 0.316 e. The highest BCUT2D eigenvalue weighted by atomic mass is 32.2. The van der Waals surface area contributed by atoms with Crippen molar-refractivity contribution in [3.05, 3.63) is 30.3 Å². The second kappa shape index (κ2) is 9.24. The van der Waals surface area contributed by atoms with Gasteiger partial charge in [-0.1, -0.05) is 48.2 Å². The largest absolute Gasteiger partial charge is 0.481 e. The average molecular weight is 367 g/mol. The molecule has 128 valence electrons. The Morgan fingerprint density at radius 2 is 2.04 bits per heavy atom. The van der Waals surface area contributed by atoms with Gasteiger partial charge >= 0.3 is 5.97 Å². The van der Waals surface area contributed by atoms with Gasteiger partial charge in [0.1, 0.15) is 5.75 Å². The molecule has 9 heteroatoms. The van der Waals surface area contributed by atoms with Crippen molar-refractivity contribution in [1.82, 2.24) is 10.2 Å². The van der Waals surface area contributed by atoms with Gasteiger partial charge in [-0.3, -0.25) is 14.9 Å². The lowest BCUT2D eigenvalue weighted by Crippen LogP contribution is -2.32. The number of rotatable bonds is 8. The molecule has 7 nitrogen and oxygen atoms in total. The third-order valence-corrected chi connectivity index (χ3v) is 4.81. The van der Waals surface area contributed by atoms with E-state index in [0.29, 0.717) is 21.6 Å². The summed E-state index contributed by atoms with van der Waals surface area (Å²) in [6, 6.07) is 9.15. The number of carbonyl (C=O) groups is 2. The van der Waals surface area contributed by atoms with Gasteiger partial charge in [-0.05, 0) is 18.6 Å². The number of nitrogens with zero attached hydrogens (tertiary/aromatic N) is 2. The molecule has 0 spiro atoms. The molecule has 1 amide bonds. The molecule has 0 aliphatic carbocycles. The van der Waals surface area contributed by atoms with Crippen LogP contribution in [0.5, 0.6) is 5.75 Å². The molecule has 2 rings (SSSR count). The number of hydrogen-bond donors (Lipinski definition) is 1. The Kier molecular flexibility index (Phi) is 7.01. The monoisotopic (exact) mass is 367 g/mol. The van der Waals surface area contributed by atoms with Gasteiger partial charge in [0.15, 0.2) is 10.4 Å². The van der Waals surface area contributed by atoms with Crippen molar-refractivity contribution < 1.29 is 19.1 Å². The normalized spacial score (nSPS) is 11.6. The molecule has 0 saturated heterocycles. The van der Waals surface area contributed by atoms with E-state index in [4.69, 9.17) is 4.74 Å². The summed E-state index contributed by atoms with van der Waals surface area (Å²) in [6.45, 7) is 1.87. The van der Waals surface area contributed by atoms with Crippen LogP contribution in [0.25, 0.3) is 0 Å². The lowest BCUT2D eigenvalue weighted by Gasteiger charge is -2.16. The van der Waals surface area contributed by atoms with Crippen LogP contribution in [0.1, 0.15) is 13.3 Å². The van der Waals surface area contributed by atoms with E-state index in [2.05, 4.69) is 20.3 Å². The summed E-state index contributed by atoms with van der Waals surface area (Å²) >= 11 is 2.40. The number of carbonyl (C=O) groups excluding carboxylic acids is 2. The zero-order valence-electron chi connectivity index (χ0n) is 13.2. The molecule has 1 aromatic heterocycles. The summed E-state index contributed by atoms with van der Waals surface area (Å²) in [5.41, 5.74) is 0. The first kappa shape index (κ1) is 18.2. The molecule has 1 unspecified atom stereocenters. The minimum atomic E-state index is -0.623. The molecule has 1 atom stereocenters. The molecule has 0 saturated carbocycles. The zero-order valence-corrected chi connectivity index (χ0v) is 14.9. The van der Waals surface area contributed by atoms with Gasteiger partial charge in [0.2, 0.25) is 5.13 Å². The van der Waals surface area contributed by atoms with Crippen molar-refractivity contribution in [2.45, 2.75) is 23.8 Å². The summed E-state index contributed by atoms with van der Waals surface area (Å²) in [4.78, 5) is 23.4. The number of anilines is 1. The van der Waals surface area contributed by atoms with E-state index < -0.39 is 6.10 Å². The van der Waals surface area contributed by atoms with Crippen molar-refractivity contribution in [3.63, 3.8) is 0 Å². The first-order valence-corrected chi connectivity index (χ1v) is 8.98. The maximum absolute atomic E-state index is 12.3. The van der Waals surface area contributed by atoms with E-state index in [-0.39, 0.29) is 17.6 Å². The summed E-state index contributed by atoms with van der Waals surface area (Å²) in [7, 11) is 1.33. The molecule has 0 radical (unpaired) electrons. The average Bonchev–Trinajstić information content (AvgIpc) is 3.05. The predicted octanol–water partition coefficient (Wildman–Crippen LogP) is 2.60. The fourth-order valence-electron chi connectivity index (χ4n) is 1.67. The smallest absolute Gasteiger partial charge is 0.316 e. The SMILES string of the molecule is CCC(Oc1ccccc1)C(=O)Nc1nnc(SCC(=O)OC)s1. The molecule has 0 aliphatic heterocycles. The van der Waals surface area contributed by atoms with E-state index in [1.54, 1.807) is 12.1 Å². The van der Waals surface area contributed by atoms with Gasteiger partial charge in [0.25, 0.3) is 5.91 Å². The third-order valence-electron chi connectivity index (χ3n) is 2.86. The molecule has 0 fully saturated rings. The van der Waals surface area contributed by atoms with Crippen LogP contribution in [0.15, 0.2) is 34.7 Å². The minimum absolute atomic E-state index is 0.147. The summed E-state index contributed by atoms with van der Waals surface area (Å²) in [6.07, 6.45) is -0.105. The molecule has 24 heavy (non-hydrogen) atoms. The van der Waals surface area contributed by atoms with Gasteiger partial charge in [0.05, 0.1) is 12.9 Å². The predicted molar refractivity (Wildman–Crippen MR) is 92.4 cm³/mol. The molecular formula is C15H17N3O4S2. The van der Waals surface area contributed by atoms with Crippen LogP contribution in [0, 0.1) is 0 Å². The number of hydrogen-bond acceptors (Lipinski definition) is 8. The van der Waals surface area contributed by atoms with Crippen LogP contribution in [0.2, 0.25) is 0 Å². The Morgan fingerprint density at radius 3 is 2.71 bits per heavy atom. The Balaban J connectivity index is 1.90. The molecule has 1 N–H and O–H groups in total. The number of methoxy groups -OCH3 is 1. The highest BCUT2D eigenvalue weighted by Crippen LogP contribution is 2.25. The van der Waals surface area contributed by atoms with Crippen molar-refractivity contribution >= 4 is 40.1 Å². The number of amides is 1. The lowest BCUT2D eigenvalue weighted by atomic mass is 10.2. The molecule has 2 aromatic rings. The van der Waals surface area contributed by atoms with Gasteiger partial charge in [-0.15, -0.1) is 10.2 Å². The lowest BCUT2D eigenvalue weighted by molar-refractivity contribution is -0.137. The number of benzene rings is 1. The molecule has 0 bridgehead atoms. The van der Waals surface area contributed by atoms with Gasteiger partial charge in [-0.2, -0.15) is 0 Å². The number of ether oxygens (including phenoxy) is 2. The Hall–Kier alpha value is -2.13. The van der Waals surface area contributed by atoms with Gasteiger partial charge in [-0.25, -0.2) is 0 Å². The second-order valence-electron chi connectivity index (χ2n) is 4.55. The minimum Gasteiger partial charge on any atom is -0.481 e. The van der Waals surface area contributed by atoms with Crippen LogP contribution in [-0.4, -0.2) is 41.0 Å². The van der Waals surface area contributed by atoms with Crippen molar-refractivity contribution in [3.8, 4) is 5.75 Å². The van der Waals surface area contributed by atoms with E-state index in [0.717, 1.165) is 0 Å². The topological polar surface area (TPSA) is 90.4 Å². The van der Waals surface area contributed by atoms with Crippen LogP contribution in [0.4, 0.5) is 5.13 Å². The third kappa shape index (κ3) is 5.50. The van der Waals surface area contributed by atoms with Crippen LogP contribution >= 0.6 is 23.1 Å². The standard InChI is InChI=1S/C15H17N3O4S2/c1-3-11(22-10-7-5-4-6-8-10)13(20)16-14-17-18-15(24-14)23-9-12(19)21-2/h4-8,11H,3,9H2,1-2H3,(H,16,17,20). The fourth-order valence-corrected chi connectivity index (χ4v) is 3.26. The number of nitrogens with one attached hydrogen (secondary N) is 1. The van der Waals surface area contributed by atoms with Gasteiger partial charge in [0, 0.05) is 0 Å². The quantitative estimate of drug-likeness (QED) is 0.436. The Morgan fingerprint density at radius 1 is 1.29 bits per heavy atom. The molecule has 1 heterocycles. The van der Waals surface area contributed by atoms with Crippen LogP contribution < -0.4 is 10.1 Å². The van der Waals surface area contributed by atoms with Crippen LogP contribution in [0.3, 0.4) is 0 Å². The highest BCUT2D eigenvalue weighted by Gasteiger charge is 2.20. The molecular weight excluding hydrogens is 350 g/mol. The van der Waals surface area contributed by atoms with Crippen LogP contribution in [-0.2, 0) is 14.3 Å². The summed E-state index contributed by atoms with van der Waals surface area (Å²) in [5.74, 6) is 0.143. The highest BCUT2D eigenvalue weighted by molar-refractivity contribution is 8.01.